The van der Waals surface area contributed by atoms with Crippen molar-refractivity contribution in [1.29, 1.82) is 0 Å². The lowest BCUT2D eigenvalue weighted by molar-refractivity contribution is -0.150. The lowest BCUT2D eigenvalue weighted by Gasteiger charge is -2.45. The van der Waals surface area contributed by atoms with Gasteiger partial charge in [-0.2, -0.15) is 0 Å². The molecular formula is C22H24O7. The summed E-state index contributed by atoms with van der Waals surface area (Å²) in [6.45, 7) is 5.21. The molecule has 3 atom stereocenters. The molecule has 7 heteroatoms. The smallest absolute Gasteiger partial charge is 0.303 e. The van der Waals surface area contributed by atoms with E-state index in [0.29, 0.717) is 40.6 Å². The zero-order chi connectivity index (χ0) is 20.9. The molecule has 2 heterocycles. The maximum atomic E-state index is 13.4. The molecular weight excluding hydrogens is 376 g/mol. The Hall–Kier alpha value is -2.96. The maximum Gasteiger partial charge on any atom is 0.303 e. The van der Waals surface area contributed by atoms with Gasteiger partial charge in [0.1, 0.15) is 35.2 Å². The van der Waals surface area contributed by atoms with Gasteiger partial charge in [-0.15, -0.1) is 0 Å². The number of fused-ring (bicyclic) bond motifs is 3. The van der Waals surface area contributed by atoms with Crippen LogP contribution in [0.5, 0.6) is 11.5 Å². The molecule has 0 amide bonds. The van der Waals surface area contributed by atoms with Crippen LogP contribution < -0.4 is 9.47 Å². The molecule has 2 unspecified atom stereocenters. The Bertz CT molecular complexity index is 940. The highest BCUT2D eigenvalue weighted by molar-refractivity contribution is 6.04. The second kappa shape index (κ2) is 6.83. The van der Waals surface area contributed by atoms with Crippen LogP contribution in [0, 0.1) is 5.92 Å². The molecule has 0 N–H and O–H groups in total. The van der Waals surface area contributed by atoms with E-state index >= 15 is 0 Å². The number of rotatable bonds is 3. The van der Waals surface area contributed by atoms with E-state index in [1.165, 1.54) is 21.1 Å². The first kappa shape index (κ1) is 19.4. The Morgan fingerprint density at radius 3 is 2.62 bits per heavy atom. The summed E-state index contributed by atoms with van der Waals surface area (Å²) in [5.74, 6) is 0.561. The molecule has 0 radical (unpaired) electrons. The fourth-order valence-electron chi connectivity index (χ4n) is 4.27. The number of carbonyl (C=O) groups is 2. The van der Waals surface area contributed by atoms with Crippen LogP contribution in [0.25, 0.3) is 0 Å². The zero-order valence-corrected chi connectivity index (χ0v) is 17.1. The first-order valence-corrected chi connectivity index (χ1v) is 9.49. The Morgan fingerprint density at radius 2 is 1.97 bits per heavy atom. The molecule has 1 aromatic carbocycles. The number of allylic oxidation sites excluding steroid dienone is 1. The van der Waals surface area contributed by atoms with Crippen molar-refractivity contribution in [3.8, 4) is 11.5 Å². The van der Waals surface area contributed by atoms with Crippen LogP contribution in [-0.2, 0) is 19.0 Å². The van der Waals surface area contributed by atoms with E-state index < -0.39 is 29.7 Å². The van der Waals surface area contributed by atoms with Gasteiger partial charge >= 0.3 is 5.97 Å². The van der Waals surface area contributed by atoms with Crippen LogP contribution in [0.4, 0.5) is 0 Å². The van der Waals surface area contributed by atoms with Crippen LogP contribution in [0.15, 0.2) is 41.4 Å². The van der Waals surface area contributed by atoms with Crippen molar-refractivity contribution in [2.75, 3.05) is 14.2 Å². The first-order chi connectivity index (χ1) is 13.8. The van der Waals surface area contributed by atoms with Crippen molar-refractivity contribution in [3.63, 3.8) is 0 Å². The van der Waals surface area contributed by atoms with Gasteiger partial charge in [-0.25, -0.2) is 0 Å². The minimum absolute atomic E-state index is 0.138. The molecule has 1 aliphatic carbocycles. The molecule has 2 aliphatic heterocycles. The van der Waals surface area contributed by atoms with Gasteiger partial charge in [-0.3, -0.25) is 9.59 Å². The van der Waals surface area contributed by atoms with E-state index in [4.69, 9.17) is 23.7 Å². The molecule has 1 aromatic rings. The highest BCUT2D eigenvalue weighted by Crippen LogP contribution is 2.48. The summed E-state index contributed by atoms with van der Waals surface area (Å²) in [4.78, 5) is 25.2. The van der Waals surface area contributed by atoms with E-state index in [1.54, 1.807) is 24.3 Å². The summed E-state index contributed by atoms with van der Waals surface area (Å²) in [6, 6.07) is 5.19. The predicted molar refractivity (Wildman–Crippen MR) is 103 cm³/mol. The fraction of sp³-hybridized carbons (Fsp3) is 0.455. The number of hydrogen-bond acceptors (Lipinski definition) is 7. The lowest BCUT2D eigenvalue weighted by atomic mass is 9.76. The van der Waals surface area contributed by atoms with Crippen molar-refractivity contribution in [3.05, 3.63) is 46.9 Å². The normalized spacial score (nSPS) is 26.7. The number of methoxy groups -OCH3 is 2. The van der Waals surface area contributed by atoms with Gasteiger partial charge in [-0.1, -0.05) is 6.07 Å². The van der Waals surface area contributed by atoms with E-state index in [0.717, 1.165) is 0 Å². The van der Waals surface area contributed by atoms with Crippen LogP contribution in [0.1, 0.15) is 37.6 Å². The van der Waals surface area contributed by atoms with E-state index in [-0.39, 0.29) is 5.78 Å². The monoisotopic (exact) mass is 400 g/mol. The van der Waals surface area contributed by atoms with Gasteiger partial charge in [0.05, 0.1) is 25.4 Å². The minimum Gasteiger partial charge on any atom is -0.500 e. The quantitative estimate of drug-likeness (QED) is 0.721. The summed E-state index contributed by atoms with van der Waals surface area (Å²) in [5.41, 5.74) is 0.504. The van der Waals surface area contributed by atoms with Crippen molar-refractivity contribution >= 4 is 11.8 Å². The second-order valence-corrected chi connectivity index (χ2v) is 7.95. The average molecular weight is 400 g/mol. The van der Waals surface area contributed by atoms with Gasteiger partial charge in [-0.05, 0) is 26.0 Å². The van der Waals surface area contributed by atoms with Crippen molar-refractivity contribution in [2.45, 2.75) is 45.0 Å². The first-order valence-electron chi connectivity index (χ1n) is 9.49. The third kappa shape index (κ3) is 3.14. The molecule has 3 aliphatic rings. The van der Waals surface area contributed by atoms with E-state index in [2.05, 4.69) is 0 Å². The molecule has 0 saturated heterocycles. The van der Waals surface area contributed by atoms with Gasteiger partial charge in [0, 0.05) is 19.4 Å². The number of esters is 1. The number of benzene rings is 1. The lowest BCUT2D eigenvalue weighted by Crippen LogP contribution is -2.50. The summed E-state index contributed by atoms with van der Waals surface area (Å²) in [6.07, 6.45) is 0.862. The molecule has 0 spiro atoms. The van der Waals surface area contributed by atoms with Gasteiger partial charge < -0.3 is 23.7 Å². The van der Waals surface area contributed by atoms with Crippen molar-refractivity contribution in [1.82, 2.24) is 0 Å². The number of carbonyl (C=O) groups excluding carboxylic acids is 2. The van der Waals surface area contributed by atoms with Crippen LogP contribution >= 0.6 is 0 Å². The molecule has 0 fully saturated rings. The molecule has 154 valence electrons. The molecule has 7 nitrogen and oxygen atoms in total. The van der Waals surface area contributed by atoms with Gasteiger partial charge in [0.15, 0.2) is 17.3 Å². The largest absolute Gasteiger partial charge is 0.500 e. The van der Waals surface area contributed by atoms with Crippen molar-refractivity contribution < 1.29 is 33.3 Å². The summed E-state index contributed by atoms with van der Waals surface area (Å²) >= 11 is 0. The SMILES string of the molecule is COC1=CC2=C(C3Oc4c(OC)cccc4C(=O)C13)[C@H](OC(C)=O)CC(C)(C)O2. The molecule has 0 aromatic heterocycles. The molecule has 0 bridgehead atoms. The number of para-hydroxylation sites is 1. The van der Waals surface area contributed by atoms with Gasteiger partial charge in [0.2, 0.25) is 0 Å². The maximum absolute atomic E-state index is 13.4. The summed E-state index contributed by atoms with van der Waals surface area (Å²) < 4.78 is 29.0. The minimum atomic E-state index is -0.721. The van der Waals surface area contributed by atoms with Crippen LogP contribution in [0.3, 0.4) is 0 Å². The Labute approximate surface area is 169 Å². The number of ketones is 1. The third-order valence-electron chi connectivity index (χ3n) is 5.42. The Kier molecular flexibility index (Phi) is 4.56. The Morgan fingerprint density at radius 1 is 1.21 bits per heavy atom. The van der Waals surface area contributed by atoms with Crippen molar-refractivity contribution in [2.24, 2.45) is 5.92 Å². The number of ether oxygens (including phenoxy) is 5. The standard InChI is InChI=1S/C22H24O7/c1-11(23)27-16-10-22(2,3)29-15-9-14(26-5)18-19(24)12-7-6-8-13(25-4)20(12)28-21(18)17(15)16/h6-9,16,18,21H,10H2,1-5H3/t16-,18?,21?/m1/s1. The topological polar surface area (TPSA) is 80.3 Å². The van der Waals surface area contributed by atoms with E-state index in [1.807, 2.05) is 13.8 Å². The molecule has 0 saturated carbocycles. The fourth-order valence-corrected chi connectivity index (χ4v) is 4.27. The molecule has 4 rings (SSSR count). The highest BCUT2D eigenvalue weighted by Gasteiger charge is 2.52. The van der Waals surface area contributed by atoms with Crippen LogP contribution in [0.2, 0.25) is 0 Å². The number of hydrogen-bond donors (Lipinski definition) is 0. The molecule has 29 heavy (non-hydrogen) atoms. The second-order valence-electron chi connectivity index (χ2n) is 7.95. The summed E-state index contributed by atoms with van der Waals surface area (Å²) in [5, 5.41) is 0. The van der Waals surface area contributed by atoms with Crippen LogP contribution in [-0.4, -0.2) is 43.8 Å². The summed E-state index contributed by atoms with van der Waals surface area (Å²) in [7, 11) is 3.04. The zero-order valence-electron chi connectivity index (χ0n) is 17.1. The van der Waals surface area contributed by atoms with E-state index in [9.17, 15) is 9.59 Å². The highest BCUT2D eigenvalue weighted by atomic mass is 16.6. The van der Waals surface area contributed by atoms with Gasteiger partial charge in [0.25, 0.3) is 0 Å². The Balaban J connectivity index is 1.88. The third-order valence-corrected chi connectivity index (χ3v) is 5.42. The average Bonchev–Trinajstić information content (AvgIpc) is 2.65. The predicted octanol–water partition coefficient (Wildman–Crippen LogP) is 3.18. The number of Topliss-reactive ketones (excluding diaryl/α,β-unsaturated/α-hetero) is 1.